The standard InChI is InChI=1S/C9H14BrNO2/c1-3-8(9(12)13)4-5-11-6-7(2)10/h4,11H,2-3,5-6H2,1H3,(H,12,13). The highest BCUT2D eigenvalue weighted by molar-refractivity contribution is 9.11. The molecule has 4 heteroatoms. The lowest BCUT2D eigenvalue weighted by Crippen LogP contribution is -2.16. The van der Waals surface area contributed by atoms with Crippen molar-refractivity contribution in [1.29, 1.82) is 0 Å². The minimum absolute atomic E-state index is 0.438. The number of rotatable bonds is 6. The molecule has 0 aromatic carbocycles. The van der Waals surface area contributed by atoms with Crippen LogP contribution in [0.5, 0.6) is 0 Å². The Morgan fingerprint density at radius 2 is 2.31 bits per heavy atom. The van der Waals surface area contributed by atoms with Gasteiger partial charge in [0.05, 0.1) is 0 Å². The van der Waals surface area contributed by atoms with Crippen LogP contribution >= 0.6 is 15.9 Å². The first-order valence-corrected chi connectivity index (χ1v) is 4.83. The lowest BCUT2D eigenvalue weighted by atomic mass is 10.2. The first-order chi connectivity index (χ1) is 6.07. The molecule has 0 amide bonds. The highest BCUT2D eigenvalue weighted by Crippen LogP contribution is 2.00. The molecule has 0 spiro atoms. The number of carboxylic acid groups (broad SMARTS) is 1. The van der Waals surface area contributed by atoms with E-state index in [9.17, 15) is 4.79 Å². The predicted molar refractivity (Wildman–Crippen MR) is 56.9 cm³/mol. The molecule has 0 aliphatic carbocycles. The summed E-state index contributed by atoms with van der Waals surface area (Å²) in [6, 6.07) is 0. The maximum atomic E-state index is 10.5. The summed E-state index contributed by atoms with van der Waals surface area (Å²) in [5.74, 6) is -0.845. The Labute approximate surface area is 86.7 Å². The Balaban J connectivity index is 3.80. The molecule has 0 heterocycles. The van der Waals surface area contributed by atoms with Gasteiger partial charge in [-0.2, -0.15) is 0 Å². The van der Waals surface area contributed by atoms with E-state index in [4.69, 9.17) is 5.11 Å². The largest absolute Gasteiger partial charge is 0.478 e. The quantitative estimate of drug-likeness (QED) is 0.557. The summed E-state index contributed by atoms with van der Waals surface area (Å²) >= 11 is 3.19. The van der Waals surface area contributed by atoms with Gasteiger partial charge in [0.15, 0.2) is 0 Å². The van der Waals surface area contributed by atoms with Gasteiger partial charge in [-0.1, -0.05) is 35.5 Å². The highest BCUT2D eigenvalue weighted by atomic mass is 79.9. The van der Waals surface area contributed by atoms with E-state index in [2.05, 4.69) is 27.8 Å². The van der Waals surface area contributed by atoms with Crippen molar-refractivity contribution in [2.24, 2.45) is 0 Å². The second-order valence-corrected chi connectivity index (χ2v) is 3.66. The molecule has 0 aliphatic rings. The third-order valence-corrected chi connectivity index (χ3v) is 1.75. The average Bonchev–Trinajstić information content (AvgIpc) is 2.03. The zero-order chi connectivity index (χ0) is 10.3. The van der Waals surface area contributed by atoms with Crippen molar-refractivity contribution < 1.29 is 9.90 Å². The van der Waals surface area contributed by atoms with E-state index in [1.165, 1.54) is 0 Å². The van der Waals surface area contributed by atoms with Crippen molar-refractivity contribution in [3.05, 3.63) is 22.7 Å². The molecule has 0 radical (unpaired) electrons. The van der Waals surface area contributed by atoms with Crippen LogP contribution in [0.4, 0.5) is 0 Å². The molecule has 0 unspecified atom stereocenters. The van der Waals surface area contributed by atoms with Gasteiger partial charge in [0.2, 0.25) is 0 Å². The second kappa shape index (κ2) is 6.86. The van der Waals surface area contributed by atoms with Crippen LogP contribution < -0.4 is 5.32 Å². The molecule has 74 valence electrons. The first kappa shape index (κ1) is 12.4. The summed E-state index contributed by atoms with van der Waals surface area (Å²) in [7, 11) is 0. The maximum Gasteiger partial charge on any atom is 0.331 e. The fourth-order valence-electron chi connectivity index (χ4n) is 0.786. The van der Waals surface area contributed by atoms with Crippen LogP contribution in [0.15, 0.2) is 22.7 Å². The van der Waals surface area contributed by atoms with Gasteiger partial charge < -0.3 is 10.4 Å². The Morgan fingerprint density at radius 3 is 2.69 bits per heavy atom. The van der Waals surface area contributed by atoms with E-state index in [1.807, 2.05) is 6.92 Å². The van der Waals surface area contributed by atoms with Crippen LogP contribution in [-0.4, -0.2) is 24.2 Å². The second-order valence-electron chi connectivity index (χ2n) is 2.54. The monoisotopic (exact) mass is 247 g/mol. The van der Waals surface area contributed by atoms with Crippen LogP contribution in [0.25, 0.3) is 0 Å². The van der Waals surface area contributed by atoms with Gasteiger partial charge in [0.1, 0.15) is 0 Å². The zero-order valence-corrected chi connectivity index (χ0v) is 9.23. The molecule has 0 bridgehead atoms. The van der Waals surface area contributed by atoms with E-state index in [0.29, 0.717) is 25.1 Å². The highest BCUT2D eigenvalue weighted by Gasteiger charge is 2.01. The number of nitrogens with one attached hydrogen (secondary N) is 1. The summed E-state index contributed by atoms with van der Waals surface area (Å²) in [6.07, 6.45) is 2.23. The summed E-state index contributed by atoms with van der Waals surface area (Å²) in [5.41, 5.74) is 0.438. The molecule has 0 aromatic rings. The normalized spacial score (nSPS) is 11.4. The molecular weight excluding hydrogens is 234 g/mol. The van der Waals surface area contributed by atoms with Gasteiger partial charge in [0, 0.05) is 23.1 Å². The number of aliphatic carboxylic acids is 1. The SMILES string of the molecule is C=C(Br)CNCC=C(CC)C(=O)O. The lowest BCUT2D eigenvalue weighted by molar-refractivity contribution is -0.132. The van der Waals surface area contributed by atoms with E-state index in [1.54, 1.807) is 6.08 Å². The van der Waals surface area contributed by atoms with Gasteiger partial charge in [0.25, 0.3) is 0 Å². The van der Waals surface area contributed by atoms with E-state index in [0.717, 1.165) is 4.48 Å². The van der Waals surface area contributed by atoms with Gasteiger partial charge in [-0.25, -0.2) is 4.79 Å². The number of carboxylic acids is 1. The molecule has 0 saturated heterocycles. The first-order valence-electron chi connectivity index (χ1n) is 4.04. The van der Waals surface area contributed by atoms with Crippen LogP contribution in [-0.2, 0) is 4.79 Å². The summed E-state index contributed by atoms with van der Waals surface area (Å²) in [4.78, 5) is 10.5. The number of carbonyl (C=O) groups is 1. The molecule has 0 rings (SSSR count). The predicted octanol–water partition coefficient (Wildman–Crippen LogP) is 1.91. The molecule has 0 fully saturated rings. The molecular formula is C9H14BrNO2. The van der Waals surface area contributed by atoms with Crippen LogP contribution in [0.3, 0.4) is 0 Å². The van der Waals surface area contributed by atoms with Gasteiger partial charge in [-0.05, 0) is 6.42 Å². The lowest BCUT2D eigenvalue weighted by Gasteiger charge is -2.00. The Morgan fingerprint density at radius 1 is 1.69 bits per heavy atom. The minimum Gasteiger partial charge on any atom is -0.478 e. The van der Waals surface area contributed by atoms with E-state index < -0.39 is 5.97 Å². The summed E-state index contributed by atoms with van der Waals surface area (Å²) in [5, 5.41) is 11.7. The molecule has 13 heavy (non-hydrogen) atoms. The number of hydrogen-bond acceptors (Lipinski definition) is 2. The summed E-state index contributed by atoms with van der Waals surface area (Å²) < 4.78 is 0.856. The fraction of sp³-hybridized carbons (Fsp3) is 0.444. The van der Waals surface area contributed by atoms with Crippen LogP contribution in [0, 0.1) is 0 Å². The van der Waals surface area contributed by atoms with Crippen molar-refractivity contribution in [3.63, 3.8) is 0 Å². The third-order valence-electron chi connectivity index (χ3n) is 1.47. The molecule has 3 nitrogen and oxygen atoms in total. The van der Waals surface area contributed by atoms with Crippen molar-refractivity contribution in [2.45, 2.75) is 13.3 Å². The van der Waals surface area contributed by atoms with E-state index >= 15 is 0 Å². The molecule has 0 aromatic heterocycles. The fourth-order valence-corrected chi connectivity index (χ4v) is 0.984. The van der Waals surface area contributed by atoms with E-state index in [-0.39, 0.29) is 0 Å². The van der Waals surface area contributed by atoms with Gasteiger partial charge in [-0.3, -0.25) is 0 Å². The smallest absolute Gasteiger partial charge is 0.331 e. The topological polar surface area (TPSA) is 49.3 Å². The van der Waals surface area contributed by atoms with Crippen LogP contribution in [0.2, 0.25) is 0 Å². The molecule has 0 atom stereocenters. The number of hydrogen-bond donors (Lipinski definition) is 2. The van der Waals surface area contributed by atoms with Crippen LogP contribution in [0.1, 0.15) is 13.3 Å². The average molecular weight is 248 g/mol. The van der Waals surface area contributed by atoms with Crippen molar-refractivity contribution in [2.75, 3.05) is 13.1 Å². The zero-order valence-electron chi connectivity index (χ0n) is 7.64. The molecule has 2 N–H and O–H groups in total. The van der Waals surface area contributed by atoms with Gasteiger partial charge >= 0.3 is 5.97 Å². The van der Waals surface area contributed by atoms with Crippen molar-refractivity contribution in [3.8, 4) is 0 Å². The van der Waals surface area contributed by atoms with Crippen molar-refractivity contribution >= 4 is 21.9 Å². The number of halogens is 1. The Bertz CT molecular complexity index is 224. The maximum absolute atomic E-state index is 10.5. The minimum atomic E-state index is -0.845. The third kappa shape index (κ3) is 6.54. The summed E-state index contributed by atoms with van der Waals surface area (Å²) in [6.45, 7) is 6.67. The Hall–Kier alpha value is -0.610. The molecule has 0 saturated carbocycles. The van der Waals surface area contributed by atoms with Crippen molar-refractivity contribution in [1.82, 2.24) is 5.32 Å². The van der Waals surface area contributed by atoms with Gasteiger partial charge in [-0.15, -0.1) is 0 Å². The molecule has 0 aliphatic heterocycles. The Kier molecular flexibility index (Phi) is 6.54.